The molecule has 1 aliphatic rings. The summed E-state index contributed by atoms with van der Waals surface area (Å²) in [6, 6.07) is -0.147. The fourth-order valence-corrected chi connectivity index (χ4v) is 3.29. The van der Waals surface area contributed by atoms with Crippen molar-refractivity contribution in [1.29, 1.82) is 0 Å². The van der Waals surface area contributed by atoms with Gasteiger partial charge in [0, 0.05) is 19.3 Å². The molecule has 1 atom stereocenters. The van der Waals surface area contributed by atoms with Gasteiger partial charge in [-0.1, -0.05) is 0 Å². The minimum absolute atomic E-state index is 0.0283. The Morgan fingerprint density at radius 2 is 1.95 bits per heavy atom. The second kappa shape index (κ2) is 5.81. The van der Waals surface area contributed by atoms with E-state index in [1.165, 1.54) is 12.4 Å². The molecule has 1 fully saturated rings. The lowest BCUT2D eigenvalue weighted by Gasteiger charge is -2.28. The largest absolute Gasteiger partial charge is 0.381 e. The monoisotopic (exact) mass is 286 g/mol. The summed E-state index contributed by atoms with van der Waals surface area (Å²) in [6.45, 7) is 3.23. The summed E-state index contributed by atoms with van der Waals surface area (Å²) >= 11 is 0. The van der Waals surface area contributed by atoms with Gasteiger partial charge in [-0.05, 0) is 25.7 Å². The van der Waals surface area contributed by atoms with Gasteiger partial charge in [-0.15, -0.1) is 0 Å². The Morgan fingerprint density at radius 3 is 2.53 bits per heavy atom. The van der Waals surface area contributed by atoms with E-state index in [4.69, 9.17) is 10.5 Å². The van der Waals surface area contributed by atoms with Gasteiger partial charge in [-0.3, -0.25) is 0 Å². The maximum Gasteiger partial charge on any atom is 0.243 e. The Balaban J connectivity index is 2.05. The van der Waals surface area contributed by atoms with Crippen molar-refractivity contribution in [2.75, 3.05) is 18.9 Å². The quantitative estimate of drug-likeness (QED) is 0.816. The van der Waals surface area contributed by atoms with E-state index in [2.05, 4.69) is 14.7 Å². The van der Waals surface area contributed by atoms with E-state index in [0.717, 1.165) is 12.8 Å². The third-order valence-electron chi connectivity index (χ3n) is 3.27. The van der Waals surface area contributed by atoms with E-state index in [0.29, 0.717) is 19.1 Å². The Kier molecular flexibility index (Phi) is 4.33. The molecule has 1 aromatic heterocycles. The highest BCUT2D eigenvalue weighted by Crippen LogP contribution is 2.20. The molecule has 1 unspecified atom stereocenters. The van der Waals surface area contributed by atoms with Crippen molar-refractivity contribution in [1.82, 2.24) is 14.7 Å². The molecule has 0 saturated carbocycles. The molecule has 0 bridgehead atoms. The number of nitrogens with one attached hydrogen (secondary N) is 1. The summed E-state index contributed by atoms with van der Waals surface area (Å²) in [5.74, 6) is 0.342. The standard InChI is InChI=1S/C11H18N4O3S/c1-8(9-2-4-18-5-3-9)15-19(16,17)10-6-13-11(12)14-7-10/h6-9,15H,2-5H2,1H3,(H2,12,13,14). The first-order chi connectivity index (χ1) is 8.99. The van der Waals surface area contributed by atoms with Crippen LogP contribution in [0.15, 0.2) is 17.3 Å². The van der Waals surface area contributed by atoms with E-state index in [9.17, 15) is 8.42 Å². The van der Waals surface area contributed by atoms with Crippen LogP contribution in [0.2, 0.25) is 0 Å². The number of nitrogen functional groups attached to an aromatic ring is 1. The maximum absolute atomic E-state index is 12.1. The van der Waals surface area contributed by atoms with Gasteiger partial charge in [0.25, 0.3) is 0 Å². The molecule has 1 saturated heterocycles. The Labute approximate surface area is 112 Å². The SMILES string of the molecule is CC(NS(=O)(=O)c1cnc(N)nc1)C1CCOCC1. The molecule has 19 heavy (non-hydrogen) atoms. The van der Waals surface area contributed by atoms with Gasteiger partial charge in [0.05, 0.1) is 12.4 Å². The average molecular weight is 286 g/mol. The van der Waals surface area contributed by atoms with Crippen LogP contribution in [0, 0.1) is 5.92 Å². The molecular weight excluding hydrogens is 268 g/mol. The van der Waals surface area contributed by atoms with Gasteiger partial charge < -0.3 is 10.5 Å². The van der Waals surface area contributed by atoms with E-state index >= 15 is 0 Å². The number of hydrogen-bond acceptors (Lipinski definition) is 6. The van der Waals surface area contributed by atoms with Crippen LogP contribution in [-0.4, -0.2) is 37.6 Å². The third-order valence-corrected chi connectivity index (χ3v) is 4.79. The van der Waals surface area contributed by atoms with Gasteiger partial charge in [0.1, 0.15) is 4.90 Å². The zero-order valence-corrected chi connectivity index (χ0v) is 11.6. The van der Waals surface area contributed by atoms with Crippen LogP contribution in [0.4, 0.5) is 5.95 Å². The number of anilines is 1. The normalized spacial score (nSPS) is 19.2. The molecular formula is C11H18N4O3S. The Morgan fingerprint density at radius 1 is 1.37 bits per heavy atom. The fourth-order valence-electron chi connectivity index (χ4n) is 2.09. The molecule has 1 aromatic rings. The minimum atomic E-state index is -3.60. The molecule has 0 spiro atoms. The van der Waals surface area contributed by atoms with Crippen LogP contribution >= 0.6 is 0 Å². The molecule has 2 rings (SSSR count). The maximum atomic E-state index is 12.1. The van der Waals surface area contributed by atoms with E-state index in [-0.39, 0.29) is 16.9 Å². The van der Waals surface area contributed by atoms with Crippen molar-refractivity contribution in [3.63, 3.8) is 0 Å². The molecule has 106 valence electrons. The molecule has 7 nitrogen and oxygen atoms in total. The van der Waals surface area contributed by atoms with Crippen LogP contribution in [0.1, 0.15) is 19.8 Å². The fraction of sp³-hybridized carbons (Fsp3) is 0.636. The van der Waals surface area contributed by atoms with Gasteiger partial charge in [0.2, 0.25) is 16.0 Å². The average Bonchev–Trinajstić information content (AvgIpc) is 2.40. The summed E-state index contributed by atoms with van der Waals surface area (Å²) < 4.78 is 32.2. The van der Waals surface area contributed by atoms with Crippen molar-refractivity contribution < 1.29 is 13.2 Å². The highest BCUT2D eigenvalue weighted by Gasteiger charge is 2.25. The number of aromatic nitrogens is 2. The van der Waals surface area contributed by atoms with Crippen LogP contribution in [0.3, 0.4) is 0 Å². The molecule has 0 radical (unpaired) electrons. The summed E-state index contributed by atoms with van der Waals surface area (Å²) in [6.07, 6.45) is 4.15. The highest BCUT2D eigenvalue weighted by atomic mass is 32.2. The number of rotatable bonds is 4. The zero-order valence-electron chi connectivity index (χ0n) is 10.7. The number of nitrogens with zero attached hydrogens (tertiary/aromatic N) is 2. The van der Waals surface area contributed by atoms with E-state index in [1.807, 2.05) is 6.92 Å². The summed E-state index contributed by atoms with van der Waals surface area (Å²) in [5, 5.41) is 0. The van der Waals surface area contributed by atoms with Crippen LogP contribution < -0.4 is 10.5 Å². The molecule has 0 aliphatic carbocycles. The number of nitrogens with two attached hydrogens (primary N) is 1. The Hall–Kier alpha value is -1.25. The van der Waals surface area contributed by atoms with Crippen molar-refractivity contribution in [3.05, 3.63) is 12.4 Å². The lowest BCUT2D eigenvalue weighted by Crippen LogP contribution is -2.40. The first-order valence-electron chi connectivity index (χ1n) is 6.16. The summed E-state index contributed by atoms with van der Waals surface area (Å²) in [4.78, 5) is 7.41. The smallest absolute Gasteiger partial charge is 0.243 e. The lowest BCUT2D eigenvalue weighted by atomic mass is 9.94. The number of sulfonamides is 1. The first kappa shape index (κ1) is 14.2. The van der Waals surface area contributed by atoms with E-state index < -0.39 is 10.0 Å². The van der Waals surface area contributed by atoms with Crippen LogP contribution in [0.25, 0.3) is 0 Å². The first-order valence-corrected chi connectivity index (χ1v) is 7.65. The number of ether oxygens (including phenoxy) is 1. The predicted octanol–water partition coefficient (Wildman–Crippen LogP) is 0.152. The molecule has 0 amide bonds. The minimum Gasteiger partial charge on any atom is -0.381 e. The van der Waals surface area contributed by atoms with Gasteiger partial charge >= 0.3 is 0 Å². The van der Waals surface area contributed by atoms with Gasteiger partial charge in [-0.25, -0.2) is 23.1 Å². The van der Waals surface area contributed by atoms with Gasteiger partial charge in [0.15, 0.2) is 0 Å². The van der Waals surface area contributed by atoms with Crippen molar-refractivity contribution in [2.24, 2.45) is 5.92 Å². The Bertz CT molecular complexity index is 511. The molecule has 2 heterocycles. The summed E-state index contributed by atoms with van der Waals surface area (Å²) in [5.41, 5.74) is 5.34. The second-order valence-corrected chi connectivity index (χ2v) is 6.35. The highest BCUT2D eigenvalue weighted by molar-refractivity contribution is 7.89. The number of hydrogen-bond donors (Lipinski definition) is 2. The van der Waals surface area contributed by atoms with Gasteiger partial charge in [-0.2, -0.15) is 0 Å². The van der Waals surface area contributed by atoms with E-state index in [1.54, 1.807) is 0 Å². The zero-order chi connectivity index (χ0) is 13.9. The summed E-state index contributed by atoms with van der Waals surface area (Å²) in [7, 11) is -3.60. The molecule has 1 aliphatic heterocycles. The second-order valence-electron chi connectivity index (χ2n) is 4.64. The van der Waals surface area contributed by atoms with Crippen molar-refractivity contribution >= 4 is 16.0 Å². The molecule has 0 aromatic carbocycles. The van der Waals surface area contributed by atoms with Crippen LogP contribution in [0.5, 0.6) is 0 Å². The molecule has 8 heteroatoms. The predicted molar refractivity (Wildman–Crippen MR) is 69.8 cm³/mol. The lowest BCUT2D eigenvalue weighted by molar-refractivity contribution is 0.0585. The third kappa shape index (κ3) is 3.62. The molecule has 3 N–H and O–H groups in total. The van der Waals surface area contributed by atoms with Crippen molar-refractivity contribution in [2.45, 2.75) is 30.7 Å². The van der Waals surface area contributed by atoms with Crippen molar-refractivity contribution in [3.8, 4) is 0 Å². The topological polar surface area (TPSA) is 107 Å². The van der Waals surface area contributed by atoms with Crippen LogP contribution in [-0.2, 0) is 14.8 Å².